The summed E-state index contributed by atoms with van der Waals surface area (Å²) < 4.78 is 2.97. The monoisotopic (exact) mass is 445 g/mol. The van der Waals surface area contributed by atoms with Crippen molar-refractivity contribution < 1.29 is 9.59 Å². The van der Waals surface area contributed by atoms with Crippen molar-refractivity contribution in [3.63, 3.8) is 0 Å². The number of carbonyl (C=O) groups excluding carboxylic acids is 2. The zero-order chi connectivity index (χ0) is 20.3. The van der Waals surface area contributed by atoms with Crippen LogP contribution in [0.3, 0.4) is 0 Å². The summed E-state index contributed by atoms with van der Waals surface area (Å²) in [6.07, 6.45) is 3.93. The van der Waals surface area contributed by atoms with E-state index in [-0.39, 0.29) is 24.4 Å². The lowest BCUT2D eigenvalue weighted by Crippen LogP contribution is -2.45. The van der Waals surface area contributed by atoms with Gasteiger partial charge < -0.3 is 14.4 Å². The molecule has 1 aliphatic carbocycles. The van der Waals surface area contributed by atoms with Crippen LogP contribution in [0.1, 0.15) is 42.7 Å². The molecule has 5 nitrogen and oxygen atoms in total. The van der Waals surface area contributed by atoms with Crippen molar-refractivity contribution in [1.29, 1.82) is 0 Å². The van der Waals surface area contributed by atoms with Crippen LogP contribution in [0, 0.1) is 5.92 Å². The summed E-state index contributed by atoms with van der Waals surface area (Å²) in [5.74, 6) is 0.305. The maximum Gasteiger partial charge on any atom is 0.254 e. The number of aromatic nitrogens is 1. The molecule has 0 N–H and O–H groups in total. The third-order valence-electron chi connectivity index (χ3n) is 4.99. The van der Waals surface area contributed by atoms with Crippen molar-refractivity contribution in [3.8, 4) is 0 Å². The molecule has 3 rings (SSSR count). The normalized spacial score (nSPS) is 13.6. The molecule has 2 aromatic rings. The van der Waals surface area contributed by atoms with Gasteiger partial charge in [0.25, 0.3) is 5.91 Å². The van der Waals surface area contributed by atoms with Crippen molar-refractivity contribution in [2.75, 3.05) is 13.1 Å². The molecule has 1 aliphatic rings. The number of hydrogen-bond acceptors (Lipinski definition) is 2. The number of carbonyl (C=O) groups is 2. The Hall–Kier alpha value is -2.08. The van der Waals surface area contributed by atoms with Gasteiger partial charge in [-0.15, -0.1) is 0 Å². The lowest BCUT2D eigenvalue weighted by Gasteiger charge is -2.29. The summed E-state index contributed by atoms with van der Waals surface area (Å²) >= 11 is 3.40. The molecule has 150 valence electrons. The van der Waals surface area contributed by atoms with Crippen LogP contribution in [0.2, 0.25) is 0 Å². The molecular weight excluding hydrogens is 418 g/mol. The Bertz CT molecular complexity index is 825. The molecule has 0 unspecified atom stereocenters. The van der Waals surface area contributed by atoms with Gasteiger partial charge in [0.05, 0.1) is 6.54 Å². The Kier molecular flexibility index (Phi) is 6.60. The highest BCUT2D eigenvalue weighted by atomic mass is 79.9. The third kappa shape index (κ3) is 5.25. The summed E-state index contributed by atoms with van der Waals surface area (Å²) in [4.78, 5) is 29.8. The minimum absolute atomic E-state index is 0.00672. The van der Waals surface area contributed by atoms with Crippen molar-refractivity contribution in [3.05, 3.63) is 58.3 Å². The summed E-state index contributed by atoms with van der Waals surface area (Å²) in [5.41, 5.74) is 1.71. The van der Waals surface area contributed by atoms with E-state index in [1.807, 2.05) is 59.1 Å². The van der Waals surface area contributed by atoms with E-state index in [0.717, 1.165) is 23.0 Å². The van der Waals surface area contributed by atoms with Gasteiger partial charge in [-0.05, 0) is 55.2 Å². The fraction of sp³-hybridized carbons (Fsp3) is 0.455. The van der Waals surface area contributed by atoms with E-state index < -0.39 is 0 Å². The maximum absolute atomic E-state index is 13.2. The smallest absolute Gasteiger partial charge is 0.254 e. The van der Waals surface area contributed by atoms with Gasteiger partial charge in [-0.25, -0.2) is 0 Å². The number of nitrogens with zero attached hydrogens (tertiary/aromatic N) is 3. The highest BCUT2D eigenvalue weighted by Gasteiger charge is 2.35. The summed E-state index contributed by atoms with van der Waals surface area (Å²) in [6, 6.07) is 11.5. The largest absolute Gasteiger partial charge is 0.353 e. The standard InChI is InChI=1S/C22H28BrN3O2/c1-16(2)13-25(14-20-5-4-12-24(20)3)21(27)15-26(19-10-11-19)22(28)17-6-8-18(23)9-7-17/h4-9,12,16,19H,10-11,13-15H2,1-3H3. The molecule has 1 heterocycles. The van der Waals surface area contributed by atoms with Crippen LogP contribution in [-0.2, 0) is 18.4 Å². The number of amides is 2. The highest BCUT2D eigenvalue weighted by molar-refractivity contribution is 9.10. The molecule has 1 fully saturated rings. The van der Waals surface area contributed by atoms with Gasteiger partial charge in [0.2, 0.25) is 5.91 Å². The molecule has 1 aromatic heterocycles. The first-order valence-corrected chi connectivity index (χ1v) is 10.6. The molecule has 0 radical (unpaired) electrons. The number of halogens is 1. The van der Waals surface area contributed by atoms with Gasteiger partial charge in [-0.3, -0.25) is 9.59 Å². The SMILES string of the molecule is CC(C)CN(Cc1cccn1C)C(=O)CN(C(=O)c1ccc(Br)cc1)C1CC1. The fourth-order valence-corrected chi connectivity index (χ4v) is 3.57. The first kappa shape index (κ1) is 20.6. The second-order valence-corrected chi connectivity index (χ2v) is 8.87. The third-order valence-corrected chi connectivity index (χ3v) is 5.52. The number of hydrogen-bond donors (Lipinski definition) is 0. The van der Waals surface area contributed by atoms with Gasteiger partial charge in [-0.2, -0.15) is 0 Å². The summed E-state index contributed by atoms with van der Waals surface area (Å²) in [5, 5.41) is 0. The van der Waals surface area contributed by atoms with Crippen LogP contribution in [-0.4, -0.2) is 45.3 Å². The number of benzene rings is 1. The van der Waals surface area contributed by atoms with Crippen molar-refractivity contribution >= 4 is 27.7 Å². The molecule has 0 atom stereocenters. The maximum atomic E-state index is 13.2. The van der Waals surface area contributed by atoms with Crippen molar-refractivity contribution in [2.45, 2.75) is 39.3 Å². The zero-order valence-electron chi connectivity index (χ0n) is 16.8. The molecule has 0 aliphatic heterocycles. The minimum Gasteiger partial charge on any atom is -0.353 e. The predicted molar refractivity (Wildman–Crippen MR) is 114 cm³/mol. The lowest BCUT2D eigenvalue weighted by molar-refractivity contribution is -0.133. The van der Waals surface area contributed by atoms with Gasteiger partial charge >= 0.3 is 0 Å². The number of aryl methyl sites for hydroxylation is 1. The Labute approximate surface area is 175 Å². The van der Waals surface area contributed by atoms with E-state index in [1.165, 1.54) is 0 Å². The van der Waals surface area contributed by atoms with Crippen molar-refractivity contribution in [1.82, 2.24) is 14.4 Å². The van der Waals surface area contributed by atoms with Gasteiger partial charge in [-0.1, -0.05) is 29.8 Å². The van der Waals surface area contributed by atoms with Gasteiger partial charge in [0, 0.05) is 41.6 Å². The Morgan fingerprint density at radius 3 is 2.39 bits per heavy atom. The molecule has 0 spiro atoms. The van der Waals surface area contributed by atoms with Crippen molar-refractivity contribution in [2.24, 2.45) is 13.0 Å². The van der Waals surface area contributed by atoms with E-state index in [9.17, 15) is 9.59 Å². The highest BCUT2D eigenvalue weighted by Crippen LogP contribution is 2.28. The Morgan fingerprint density at radius 1 is 1.18 bits per heavy atom. The van der Waals surface area contributed by atoms with E-state index in [1.54, 1.807) is 4.90 Å². The average Bonchev–Trinajstić information content (AvgIpc) is 3.41. The van der Waals surface area contributed by atoms with Crippen LogP contribution < -0.4 is 0 Å². The summed E-state index contributed by atoms with van der Waals surface area (Å²) in [7, 11) is 1.99. The van der Waals surface area contributed by atoms with E-state index in [2.05, 4.69) is 29.8 Å². The van der Waals surface area contributed by atoms with Crippen LogP contribution in [0.4, 0.5) is 0 Å². The Balaban J connectivity index is 1.74. The van der Waals surface area contributed by atoms with E-state index in [0.29, 0.717) is 24.6 Å². The minimum atomic E-state index is -0.0632. The molecule has 6 heteroatoms. The van der Waals surface area contributed by atoms with Crippen LogP contribution >= 0.6 is 15.9 Å². The molecule has 1 aromatic carbocycles. The first-order valence-electron chi connectivity index (χ1n) is 9.79. The second kappa shape index (κ2) is 8.95. The van der Waals surface area contributed by atoms with E-state index in [4.69, 9.17) is 0 Å². The average molecular weight is 446 g/mol. The molecule has 2 amide bonds. The molecule has 28 heavy (non-hydrogen) atoms. The van der Waals surface area contributed by atoms with E-state index >= 15 is 0 Å². The molecule has 0 bridgehead atoms. The molecule has 0 saturated heterocycles. The second-order valence-electron chi connectivity index (χ2n) is 7.95. The van der Waals surface area contributed by atoms with Gasteiger partial charge in [0.15, 0.2) is 0 Å². The summed E-state index contributed by atoms with van der Waals surface area (Å²) in [6.45, 7) is 5.59. The first-order chi connectivity index (χ1) is 13.3. The molecular formula is C22H28BrN3O2. The quantitative estimate of drug-likeness (QED) is 0.614. The predicted octanol–water partition coefficient (Wildman–Crippen LogP) is 4.08. The van der Waals surface area contributed by atoms with Gasteiger partial charge in [0.1, 0.15) is 6.54 Å². The van der Waals surface area contributed by atoms with Crippen LogP contribution in [0.5, 0.6) is 0 Å². The topological polar surface area (TPSA) is 45.6 Å². The Morgan fingerprint density at radius 2 is 1.86 bits per heavy atom. The fourth-order valence-electron chi connectivity index (χ4n) is 3.31. The van der Waals surface area contributed by atoms with Crippen LogP contribution in [0.25, 0.3) is 0 Å². The molecule has 1 saturated carbocycles. The van der Waals surface area contributed by atoms with Crippen LogP contribution in [0.15, 0.2) is 47.1 Å². The number of rotatable bonds is 8. The lowest BCUT2D eigenvalue weighted by atomic mass is 10.1. The zero-order valence-corrected chi connectivity index (χ0v) is 18.4.